The van der Waals surface area contributed by atoms with E-state index in [1.54, 1.807) is 48.5 Å². The van der Waals surface area contributed by atoms with Gasteiger partial charge in [0, 0.05) is 6.54 Å². The molecule has 1 N–H and O–H groups in total. The third-order valence-corrected chi connectivity index (χ3v) is 6.88. The topological polar surface area (TPSA) is 84.9 Å². The Bertz CT molecular complexity index is 1160. The third kappa shape index (κ3) is 4.40. The van der Waals surface area contributed by atoms with E-state index >= 15 is 0 Å². The Hall–Kier alpha value is -3.36. The fourth-order valence-corrected chi connectivity index (χ4v) is 5.11. The number of hydrogen-bond acceptors (Lipinski definition) is 6. The van der Waals surface area contributed by atoms with Crippen LogP contribution < -0.4 is 10.1 Å². The summed E-state index contributed by atoms with van der Waals surface area (Å²) in [7, 11) is -2.44. The van der Waals surface area contributed by atoms with Crippen molar-refractivity contribution >= 4 is 21.7 Å². The number of carbonyl (C=O) groups excluding carboxylic acids is 1. The fraction of sp³-hybridized carbons (Fsp3) is 0.174. The molecule has 4 rings (SSSR count). The molecule has 0 bridgehead atoms. The molecule has 3 aromatic carbocycles. The van der Waals surface area contributed by atoms with Crippen molar-refractivity contribution in [1.82, 2.24) is 4.31 Å². The van der Waals surface area contributed by atoms with Crippen molar-refractivity contribution in [2.75, 3.05) is 19.0 Å². The van der Waals surface area contributed by atoms with Gasteiger partial charge in [0.15, 0.2) is 6.61 Å². The molecular weight excluding hydrogens is 416 g/mol. The van der Waals surface area contributed by atoms with E-state index in [9.17, 15) is 13.2 Å². The van der Waals surface area contributed by atoms with Gasteiger partial charge in [-0.3, -0.25) is 0 Å². The smallest absolute Gasteiger partial charge is 0.343 e. The van der Waals surface area contributed by atoms with Crippen molar-refractivity contribution in [3.8, 4) is 5.75 Å². The molecule has 1 aliphatic rings. The Labute approximate surface area is 181 Å². The van der Waals surface area contributed by atoms with Gasteiger partial charge in [0.25, 0.3) is 0 Å². The van der Waals surface area contributed by atoms with Crippen LogP contribution in [0.5, 0.6) is 5.75 Å². The van der Waals surface area contributed by atoms with Gasteiger partial charge in [0.2, 0.25) is 10.0 Å². The number of methoxy groups -OCH3 is 1. The average molecular weight is 439 g/mol. The normalized spacial score (nSPS) is 17.3. The molecule has 0 aromatic heterocycles. The highest BCUT2D eigenvalue weighted by Crippen LogP contribution is 2.39. The number of ether oxygens (including phenoxy) is 2. The van der Waals surface area contributed by atoms with E-state index < -0.39 is 22.2 Å². The summed E-state index contributed by atoms with van der Waals surface area (Å²) in [4.78, 5) is 11.5. The van der Waals surface area contributed by atoms with E-state index in [2.05, 4.69) is 10.1 Å². The minimum Gasteiger partial charge on any atom is -0.482 e. The molecule has 1 atom stereocenters. The zero-order valence-electron chi connectivity index (χ0n) is 16.9. The Kier molecular flexibility index (Phi) is 5.92. The molecule has 0 radical (unpaired) electrons. The fourth-order valence-electron chi connectivity index (χ4n) is 3.43. The van der Waals surface area contributed by atoms with Crippen LogP contribution in [0.15, 0.2) is 83.8 Å². The van der Waals surface area contributed by atoms with E-state index in [1.165, 1.54) is 11.4 Å². The van der Waals surface area contributed by atoms with E-state index in [4.69, 9.17) is 4.74 Å². The molecule has 7 nitrogen and oxygen atoms in total. The molecule has 1 aliphatic heterocycles. The highest BCUT2D eigenvalue weighted by molar-refractivity contribution is 7.89. The second-order valence-electron chi connectivity index (χ2n) is 7.01. The summed E-state index contributed by atoms with van der Waals surface area (Å²) in [6.07, 6.45) is -0.602. The number of para-hydroxylation sites is 1. The summed E-state index contributed by atoms with van der Waals surface area (Å²) >= 11 is 0. The van der Waals surface area contributed by atoms with Crippen molar-refractivity contribution in [2.24, 2.45) is 0 Å². The van der Waals surface area contributed by atoms with Crippen molar-refractivity contribution < 1.29 is 22.7 Å². The zero-order valence-corrected chi connectivity index (χ0v) is 17.7. The van der Waals surface area contributed by atoms with Crippen molar-refractivity contribution in [3.05, 3.63) is 90.0 Å². The lowest BCUT2D eigenvalue weighted by molar-refractivity contribution is -0.142. The second-order valence-corrected chi connectivity index (χ2v) is 8.87. The van der Waals surface area contributed by atoms with Crippen LogP contribution in [0, 0.1) is 0 Å². The van der Waals surface area contributed by atoms with Crippen molar-refractivity contribution in [3.63, 3.8) is 0 Å². The van der Waals surface area contributed by atoms with Crippen LogP contribution in [-0.2, 0) is 26.1 Å². The lowest BCUT2D eigenvalue weighted by atomic mass is 10.1. The number of fused-ring (bicyclic) bond motifs is 1. The number of esters is 1. The number of benzene rings is 3. The van der Waals surface area contributed by atoms with Gasteiger partial charge in [-0.05, 0) is 35.4 Å². The van der Waals surface area contributed by atoms with Gasteiger partial charge < -0.3 is 14.8 Å². The van der Waals surface area contributed by atoms with Gasteiger partial charge in [0.05, 0.1) is 12.8 Å². The van der Waals surface area contributed by atoms with Gasteiger partial charge in [0.1, 0.15) is 16.8 Å². The number of nitrogens with one attached hydrogen (secondary N) is 1. The molecule has 0 unspecified atom stereocenters. The van der Waals surface area contributed by atoms with E-state index in [0.29, 0.717) is 11.4 Å². The van der Waals surface area contributed by atoms with Gasteiger partial charge >= 0.3 is 5.97 Å². The quantitative estimate of drug-likeness (QED) is 0.593. The highest BCUT2D eigenvalue weighted by Gasteiger charge is 2.38. The summed E-state index contributed by atoms with van der Waals surface area (Å²) in [6.45, 7) is 0.0230. The molecule has 0 saturated carbocycles. The molecular formula is C23H22N2O5S. The molecule has 1 heterocycles. The first kappa shape index (κ1) is 20.9. The lowest BCUT2D eigenvalue weighted by Crippen LogP contribution is -2.42. The molecule has 8 heteroatoms. The monoisotopic (exact) mass is 438 g/mol. The molecule has 0 amide bonds. The molecule has 160 valence electrons. The number of anilines is 1. The summed E-state index contributed by atoms with van der Waals surface area (Å²) in [5, 5.41) is 3.35. The van der Waals surface area contributed by atoms with Crippen LogP contribution in [0.25, 0.3) is 0 Å². The lowest BCUT2D eigenvalue weighted by Gasteiger charge is -2.37. The molecule has 31 heavy (non-hydrogen) atoms. The van der Waals surface area contributed by atoms with Crippen LogP contribution in [0.1, 0.15) is 17.3 Å². The van der Waals surface area contributed by atoms with Crippen LogP contribution >= 0.6 is 0 Å². The van der Waals surface area contributed by atoms with E-state index in [0.717, 1.165) is 11.1 Å². The maximum Gasteiger partial charge on any atom is 0.343 e. The standard InChI is InChI=1S/C23H22N2O5S/c1-29-22(26)16-30-19-13-11-18(12-14-19)23-24-20-9-5-6-10-21(20)31(27,28)25(23)15-17-7-3-2-4-8-17/h2-14,23-24H,15-16H2,1H3/t23-/m1/s1. The Morgan fingerprint density at radius 2 is 1.65 bits per heavy atom. The van der Waals surface area contributed by atoms with Crippen LogP contribution in [0.2, 0.25) is 0 Å². The van der Waals surface area contributed by atoms with Crippen molar-refractivity contribution in [2.45, 2.75) is 17.6 Å². The Balaban J connectivity index is 1.67. The Morgan fingerprint density at radius 3 is 2.35 bits per heavy atom. The van der Waals surface area contributed by atoms with Gasteiger partial charge in [-0.25, -0.2) is 13.2 Å². The predicted octanol–water partition coefficient (Wildman–Crippen LogP) is 3.55. The number of nitrogens with zero attached hydrogens (tertiary/aromatic N) is 1. The molecule has 0 saturated heterocycles. The summed E-state index contributed by atoms with van der Waals surface area (Å²) in [5.41, 5.74) is 2.19. The number of carbonyl (C=O) groups is 1. The largest absolute Gasteiger partial charge is 0.482 e. The average Bonchev–Trinajstić information content (AvgIpc) is 2.80. The van der Waals surface area contributed by atoms with Crippen LogP contribution in [-0.4, -0.2) is 32.4 Å². The number of sulfonamides is 1. The zero-order chi connectivity index (χ0) is 21.8. The van der Waals surface area contributed by atoms with E-state index in [-0.39, 0.29) is 18.0 Å². The SMILES string of the molecule is COC(=O)COc1ccc([C@@H]2Nc3ccccc3S(=O)(=O)N2Cc2ccccc2)cc1. The summed E-state index contributed by atoms with van der Waals surface area (Å²) in [5.74, 6) is 0.0117. The second kappa shape index (κ2) is 8.79. The molecule has 3 aromatic rings. The number of hydrogen-bond donors (Lipinski definition) is 1. The molecule has 0 fully saturated rings. The first-order valence-electron chi connectivity index (χ1n) is 9.70. The first-order chi connectivity index (χ1) is 15.0. The highest BCUT2D eigenvalue weighted by atomic mass is 32.2. The maximum atomic E-state index is 13.5. The van der Waals surface area contributed by atoms with Gasteiger partial charge in [-0.15, -0.1) is 0 Å². The van der Waals surface area contributed by atoms with Gasteiger partial charge in [-0.2, -0.15) is 4.31 Å². The minimum absolute atomic E-state index is 0.195. The van der Waals surface area contributed by atoms with Crippen molar-refractivity contribution in [1.29, 1.82) is 0 Å². The van der Waals surface area contributed by atoms with Crippen LogP contribution in [0.4, 0.5) is 5.69 Å². The summed E-state index contributed by atoms with van der Waals surface area (Å²) < 4.78 is 38.4. The van der Waals surface area contributed by atoms with Crippen LogP contribution in [0.3, 0.4) is 0 Å². The first-order valence-corrected chi connectivity index (χ1v) is 11.1. The third-order valence-electron chi connectivity index (χ3n) is 5.02. The Morgan fingerprint density at radius 1 is 0.968 bits per heavy atom. The predicted molar refractivity (Wildman–Crippen MR) is 116 cm³/mol. The minimum atomic E-state index is -3.73. The van der Waals surface area contributed by atoms with Gasteiger partial charge in [-0.1, -0.05) is 54.6 Å². The molecule has 0 spiro atoms. The molecule has 0 aliphatic carbocycles. The number of rotatable bonds is 6. The van der Waals surface area contributed by atoms with E-state index in [1.807, 2.05) is 30.3 Å². The maximum absolute atomic E-state index is 13.5. The summed E-state index contributed by atoms with van der Waals surface area (Å²) in [6, 6.07) is 23.3.